The van der Waals surface area contributed by atoms with Crippen LogP contribution in [0.25, 0.3) is 0 Å². The molecule has 0 bridgehead atoms. The normalized spacial score (nSPS) is 13.4. The first-order valence-corrected chi connectivity index (χ1v) is 10.3. The first-order chi connectivity index (χ1) is 13.8. The minimum Gasteiger partial charge on any atom is -0.394 e. The molecule has 154 valence electrons. The van der Waals surface area contributed by atoms with Gasteiger partial charge in [-0.2, -0.15) is 0 Å². The van der Waals surface area contributed by atoms with E-state index in [2.05, 4.69) is 48.5 Å². The van der Waals surface area contributed by atoms with Crippen LogP contribution in [-0.2, 0) is 22.3 Å². The van der Waals surface area contributed by atoms with Crippen LogP contribution in [0.3, 0.4) is 0 Å². The second-order valence-electron chi connectivity index (χ2n) is 7.18. The fourth-order valence-electron chi connectivity index (χ4n) is 3.61. The predicted molar refractivity (Wildman–Crippen MR) is 112 cm³/mol. The Kier molecular flexibility index (Phi) is 11.5. The Morgan fingerprint density at radius 2 is 1.18 bits per heavy atom. The Hall–Kier alpha value is -1.72. The van der Waals surface area contributed by atoms with E-state index in [4.69, 9.17) is 19.7 Å². The van der Waals surface area contributed by atoms with Gasteiger partial charge in [-0.3, -0.25) is 0 Å². The number of hydrogen-bond acceptors (Lipinski definition) is 4. The molecule has 0 unspecified atom stereocenters. The largest absolute Gasteiger partial charge is 0.394 e. The Morgan fingerprint density at radius 3 is 1.75 bits per heavy atom. The molecule has 2 aromatic carbocycles. The average molecular weight is 387 g/mol. The lowest BCUT2D eigenvalue weighted by Crippen LogP contribution is -2.26. The summed E-state index contributed by atoms with van der Waals surface area (Å²) in [7, 11) is 0. The smallest absolute Gasteiger partial charge is 0.0697 e. The van der Waals surface area contributed by atoms with Crippen LogP contribution in [0, 0.1) is 11.8 Å². The fourth-order valence-corrected chi connectivity index (χ4v) is 3.61. The molecule has 4 nitrogen and oxygen atoms in total. The third-order valence-corrected chi connectivity index (χ3v) is 5.01. The van der Waals surface area contributed by atoms with Gasteiger partial charge in [0.1, 0.15) is 0 Å². The van der Waals surface area contributed by atoms with E-state index in [-0.39, 0.29) is 13.2 Å². The Balaban J connectivity index is 2.06. The van der Waals surface area contributed by atoms with Crippen LogP contribution < -0.4 is 0 Å². The van der Waals surface area contributed by atoms with Gasteiger partial charge in [-0.1, -0.05) is 60.7 Å². The van der Waals surface area contributed by atoms with Crippen LogP contribution in [-0.4, -0.2) is 49.9 Å². The third kappa shape index (κ3) is 8.98. The predicted octanol–water partition coefficient (Wildman–Crippen LogP) is 3.50. The topological polar surface area (TPSA) is 58.9 Å². The van der Waals surface area contributed by atoms with Crippen molar-refractivity contribution in [3.8, 4) is 0 Å². The summed E-state index contributed by atoms with van der Waals surface area (Å²) in [5.74, 6) is 0.825. The first kappa shape index (κ1) is 22.6. The number of hydrogen-bond donors (Lipinski definition) is 2. The summed E-state index contributed by atoms with van der Waals surface area (Å²) in [5.41, 5.74) is 2.65. The maximum absolute atomic E-state index is 9.10. The summed E-state index contributed by atoms with van der Waals surface area (Å²) in [4.78, 5) is 0. The summed E-state index contributed by atoms with van der Waals surface area (Å²) in [5, 5.41) is 18.0. The molecule has 4 heteroatoms. The van der Waals surface area contributed by atoms with Gasteiger partial charge in [0.05, 0.1) is 33.0 Å². The quantitative estimate of drug-likeness (QED) is 0.460. The zero-order valence-electron chi connectivity index (χ0n) is 16.7. The molecule has 0 aliphatic heterocycles. The van der Waals surface area contributed by atoms with Gasteiger partial charge in [-0.15, -0.1) is 0 Å². The molecule has 0 aromatic heterocycles. The molecule has 0 saturated carbocycles. The molecule has 2 rings (SSSR count). The Morgan fingerprint density at radius 1 is 0.643 bits per heavy atom. The molecule has 2 atom stereocenters. The van der Waals surface area contributed by atoms with Gasteiger partial charge >= 0.3 is 0 Å². The van der Waals surface area contributed by atoms with Gasteiger partial charge in [0, 0.05) is 6.61 Å². The van der Waals surface area contributed by atoms with Crippen molar-refractivity contribution in [3.63, 3.8) is 0 Å². The minimum atomic E-state index is 0.0520. The molecule has 0 heterocycles. The molecule has 0 aliphatic rings. The summed E-state index contributed by atoms with van der Waals surface area (Å²) in [6, 6.07) is 21.1. The van der Waals surface area contributed by atoms with Gasteiger partial charge in [-0.25, -0.2) is 0 Å². The number of aliphatic hydroxyl groups is 2. The van der Waals surface area contributed by atoms with E-state index in [0.29, 0.717) is 38.3 Å². The van der Waals surface area contributed by atoms with Crippen molar-refractivity contribution in [2.24, 2.45) is 11.8 Å². The standard InChI is InChI=1S/C24H34O4/c25-13-16-27-15-7-12-23(18-21-8-3-1-4-9-21)24(20-28-17-14-26)19-22-10-5-2-6-11-22/h1-6,8-11,23-26H,7,12-20H2/t23-,24+/m1/s1. The second kappa shape index (κ2) is 14.3. The highest BCUT2D eigenvalue weighted by Gasteiger charge is 2.22. The van der Waals surface area contributed by atoms with Crippen molar-refractivity contribution in [2.75, 3.05) is 39.6 Å². The molecule has 0 amide bonds. The molecule has 0 spiro atoms. The number of aliphatic hydroxyl groups excluding tert-OH is 2. The first-order valence-electron chi connectivity index (χ1n) is 10.3. The van der Waals surface area contributed by atoms with Gasteiger partial charge in [-0.05, 0) is 48.6 Å². The molecular formula is C24H34O4. The summed E-state index contributed by atoms with van der Waals surface area (Å²) >= 11 is 0. The Bertz CT molecular complexity index is 603. The highest BCUT2D eigenvalue weighted by molar-refractivity contribution is 5.17. The SMILES string of the molecule is OCCOCCC[C@H](Cc1ccccc1)[C@H](COCCO)Cc1ccccc1. The lowest BCUT2D eigenvalue weighted by molar-refractivity contribution is 0.0455. The van der Waals surface area contributed by atoms with E-state index in [1.165, 1.54) is 11.1 Å². The van der Waals surface area contributed by atoms with E-state index in [0.717, 1.165) is 25.7 Å². The monoisotopic (exact) mass is 386 g/mol. The molecule has 0 aliphatic carbocycles. The summed E-state index contributed by atoms with van der Waals surface area (Å²) < 4.78 is 11.2. The zero-order chi connectivity index (χ0) is 19.9. The summed E-state index contributed by atoms with van der Waals surface area (Å²) in [6.45, 7) is 2.21. The molecule has 2 aromatic rings. The molecule has 0 fully saturated rings. The van der Waals surface area contributed by atoms with E-state index in [1.54, 1.807) is 0 Å². The molecule has 2 N–H and O–H groups in total. The van der Waals surface area contributed by atoms with Crippen LogP contribution in [0.4, 0.5) is 0 Å². The lowest BCUT2D eigenvalue weighted by atomic mass is 9.80. The average Bonchev–Trinajstić information content (AvgIpc) is 2.74. The second-order valence-corrected chi connectivity index (χ2v) is 7.18. The van der Waals surface area contributed by atoms with Crippen LogP contribution in [0.1, 0.15) is 24.0 Å². The van der Waals surface area contributed by atoms with Crippen LogP contribution in [0.2, 0.25) is 0 Å². The van der Waals surface area contributed by atoms with Crippen LogP contribution in [0.15, 0.2) is 60.7 Å². The van der Waals surface area contributed by atoms with Crippen molar-refractivity contribution >= 4 is 0 Å². The molecule has 28 heavy (non-hydrogen) atoms. The third-order valence-electron chi connectivity index (χ3n) is 5.01. The summed E-state index contributed by atoms with van der Waals surface area (Å²) in [6.07, 6.45) is 3.96. The Labute approximate surface area is 169 Å². The molecule has 0 saturated heterocycles. The van der Waals surface area contributed by atoms with Crippen LogP contribution >= 0.6 is 0 Å². The van der Waals surface area contributed by atoms with Gasteiger partial charge in [0.25, 0.3) is 0 Å². The minimum absolute atomic E-state index is 0.0520. The fraction of sp³-hybridized carbons (Fsp3) is 0.500. The van der Waals surface area contributed by atoms with E-state index < -0.39 is 0 Å². The van der Waals surface area contributed by atoms with Gasteiger partial charge < -0.3 is 19.7 Å². The lowest BCUT2D eigenvalue weighted by Gasteiger charge is -2.28. The molecular weight excluding hydrogens is 352 g/mol. The van der Waals surface area contributed by atoms with Gasteiger partial charge in [0.2, 0.25) is 0 Å². The zero-order valence-corrected chi connectivity index (χ0v) is 16.7. The van der Waals surface area contributed by atoms with Crippen molar-refractivity contribution in [3.05, 3.63) is 71.8 Å². The van der Waals surface area contributed by atoms with Crippen molar-refractivity contribution < 1.29 is 19.7 Å². The van der Waals surface area contributed by atoms with Crippen LogP contribution in [0.5, 0.6) is 0 Å². The maximum atomic E-state index is 9.10. The van der Waals surface area contributed by atoms with E-state index >= 15 is 0 Å². The van der Waals surface area contributed by atoms with E-state index in [9.17, 15) is 0 Å². The highest BCUT2D eigenvalue weighted by Crippen LogP contribution is 2.27. The van der Waals surface area contributed by atoms with Crippen molar-refractivity contribution in [2.45, 2.75) is 25.7 Å². The molecule has 0 radical (unpaired) electrons. The van der Waals surface area contributed by atoms with E-state index in [1.807, 2.05) is 12.1 Å². The highest BCUT2D eigenvalue weighted by atomic mass is 16.5. The number of benzene rings is 2. The number of rotatable bonds is 15. The van der Waals surface area contributed by atoms with Gasteiger partial charge in [0.15, 0.2) is 0 Å². The maximum Gasteiger partial charge on any atom is 0.0697 e. The number of ether oxygens (including phenoxy) is 2. The van der Waals surface area contributed by atoms with Crippen molar-refractivity contribution in [1.82, 2.24) is 0 Å². The van der Waals surface area contributed by atoms with Crippen molar-refractivity contribution in [1.29, 1.82) is 0 Å².